The molecular formula is C29H41NO3. The highest BCUT2D eigenvalue weighted by Crippen LogP contribution is 2.74. The van der Waals surface area contributed by atoms with Crippen LogP contribution in [0.1, 0.15) is 96.3 Å². The number of primary amides is 1. The smallest absolute Gasteiger partial charge is 0.223 e. The third-order valence-corrected chi connectivity index (χ3v) is 11.7. The highest BCUT2D eigenvalue weighted by molar-refractivity contribution is 5.80. The Hall–Kier alpha value is -1.97. The molecule has 1 amide bonds. The van der Waals surface area contributed by atoms with Gasteiger partial charge in [0.1, 0.15) is 0 Å². The maximum Gasteiger partial charge on any atom is 0.223 e. The molecule has 180 valence electrons. The van der Waals surface area contributed by atoms with Gasteiger partial charge in [-0.05, 0) is 103 Å². The summed E-state index contributed by atoms with van der Waals surface area (Å²) < 4.78 is 0. The highest BCUT2D eigenvalue weighted by Gasteiger charge is 2.66. The van der Waals surface area contributed by atoms with E-state index in [0.29, 0.717) is 5.92 Å². The van der Waals surface area contributed by atoms with E-state index in [1.165, 1.54) is 23.1 Å². The van der Waals surface area contributed by atoms with Gasteiger partial charge in [0.2, 0.25) is 5.91 Å². The largest absolute Gasteiger partial charge is 0.504 e. The van der Waals surface area contributed by atoms with Crippen LogP contribution < -0.4 is 5.73 Å². The first-order valence-electron chi connectivity index (χ1n) is 12.8. The molecule has 0 radical (unpaired) electrons. The van der Waals surface area contributed by atoms with Gasteiger partial charge in [-0.1, -0.05) is 46.3 Å². The van der Waals surface area contributed by atoms with E-state index in [4.69, 9.17) is 5.73 Å². The van der Waals surface area contributed by atoms with Crippen LogP contribution in [0, 0.1) is 34.5 Å². The van der Waals surface area contributed by atoms with Crippen LogP contribution in [0.15, 0.2) is 17.7 Å². The summed E-state index contributed by atoms with van der Waals surface area (Å²) in [7, 11) is 0. The molecule has 3 fully saturated rings. The Morgan fingerprint density at radius 1 is 1.00 bits per heavy atom. The monoisotopic (exact) mass is 451 g/mol. The first-order chi connectivity index (χ1) is 15.2. The second-order valence-corrected chi connectivity index (χ2v) is 13.1. The molecule has 0 spiro atoms. The van der Waals surface area contributed by atoms with Crippen LogP contribution >= 0.6 is 0 Å². The van der Waals surface area contributed by atoms with Crippen molar-refractivity contribution >= 4 is 5.91 Å². The molecule has 0 aromatic heterocycles. The van der Waals surface area contributed by atoms with Crippen LogP contribution in [-0.4, -0.2) is 16.1 Å². The molecule has 0 saturated heterocycles. The van der Waals surface area contributed by atoms with Crippen LogP contribution in [0.2, 0.25) is 0 Å². The standard InChI is InChI=1S/C29H41NO3/c1-17-18-7-8-21-27(4,19(18)15-20(31)23(17)32)12-14-29(6)22-16-26(3,24(30)33)10-9-25(22,2)11-13-28(21,29)5/h8,15,22,31-32H,7,9-14,16H2,1-6H3,(H2,30,33)/t22-,25-,26-,27+,28-,29+/m1/s1. The molecule has 4 aliphatic carbocycles. The number of phenols is 2. The Morgan fingerprint density at radius 2 is 1.67 bits per heavy atom. The lowest BCUT2D eigenvalue weighted by molar-refractivity contribution is -0.166. The van der Waals surface area contributed by atoms with Gasteiger partial charge in [0, 0.05) is 10.8 Å². The van der Waals surface area contributed by atoms with Gasteiger partial charge in [-0.3, -0.25) is 4.79 Å². The Kier molecular flexibility index (Phi) is 4.55. The van der Waals surface area contributed by atoms with Crippen LogP contribution in [0.25, 0.3) is 0 Å². The lowest BCUT2D eigenvalue weighted by atomic mass is 9.34. The molecule has 0 aliphatic heterocycles. The zero-order chi connectivity index (χ0) is 24.2. The fraction of sp³-hybridized carbons (Fsp3) is 0.690. The van der Waals surface area contributed by atoms with Crippen molar-refractivity contribution in [1.29, 1.82) is 0 Å². The number of allylic oxidation sites excluding steroid dienone is 2. The Morgan fingerprint density at radius 3 is 2.33 bits per heavy atom. The zero-order valence-corrected chi connectivity index (χ0v) is 21.3. The summed E-state index contributed by atoms with van der Waals surface area (Å²) >= 11 is 0. The van der Waals surface area contributed by atoms with E-state index in [2.05, 4.69) is 40.7 Å². The molecule has 0 unspecified atom stereocenters. The van der Waals surface area contributed by atoms with Crippen molar-refractivity contribution in [3.05, 3.63) is 34.4 Å². The molecule has 33 heavy (non-hydrogen) atoms. The summed E-state index contributed by atoms with van der Waals surface area (Å²) in [5.41, 5.74) is 10.4. The molecule has 0 heterocycles. The summed E-state index contributed by atoms with van der Waals surface area (Å²) in [6, 6.07) is 1.83. The van der Waals surface area contributed by atoms with Crippen molar-refractivity contribution in [1.82, 2.24) is 0 Å². The molecule has 0 bridgehead atoms. The number of hydrogen-bond donors (Lipinski definition) is 3. The maximum absolute atomic E-state index is 12.5. The van der Waals surface area contributed by atoms with E-state index in [9.17, 15) is 15.0 Å². The first kappa shape index (κ1) is 22.8. The van der Waals surface area contributed by atoms with Crippen molar-refractivity contribution in [2.75, 3.05) is 0 Å². The Bertz CT molecular complexity index is 1090. The minimum Gasteiger partial charge on any atom is -0.504 e. The van der Waals surface area contributed by atoms with Gasteiger partial charge in [0.25, 0.3) is 0 Å². The van der Waals surface area contributed by atoms with Gasteiger partial charge >= 0.3 is 0 Å². The third kappa shape index (κ3) is 2.67. The van der Waals surface area contributed by atoms with E-state index in [1.54, 1.807) is 0 Å². The molecule has 1 aromatic rings. The number of fused-ring (bicyclic) bond motifs is 7. The topological polar surface area (TPSA) is 83.6 Å². The zero-order valence-electron chi connectivity index (χ0n) is 21.3. The molecule has 4 aliphatic rings. The molecule has 6 atom stereocenters. The average Bonchev–Trinajstić information content (AvgIpc) is 2.75. The van der Waals surface area contributed by atoms with Crippen LogP contribution in [0.4, 0.5) is 0 Å². The molecule has 3 saturated carbocycles. The predicted molar refractivity (Wildman–Crippen MR) is 131 cm³/mol. The fourth-order valence-corrected chi connectivity index (χ4v) is 8.92. The lowest BCUT2D eigenvalue weighted by Gasteiger charge is -2.70. The number of nitrogens with two attached hydrogens (primary N) is 1. The molecule has 4 nitrogen and oxygen atoms in total. The number of amides is 1. The van der Waals surface area contributed by atoms with E-state index >= 15 is 0 Å². The second-order valence-electron chi connectivity index (χ2n) is 13.1. The quantitative estimate of drug-likeness (QED) is 0.359. The van der Waals surface area contributed by atoms with Crippen molar-refractivity contribution in [2.24, 2.45) is 33.3 Å². The summed E-state index contributed by atoms with van der Waals surface area (Å²) in [4.78, 5) is 12.5. The van der Waals surface area contributed by atoms with Crippen LogP contribution in [-0.2, 0) is 16.6 Å². The van der Waals surface area contributed by atoms with Crippen molar-refractivity contribution in [2.45, 2.75) is 98.3 Å². The third-order valence-electron chi connectivity index (χ3n) is 11.7. The Labute approximate surface area is 198 Å². The van der Waals surface area contributed by atoms with Crippen molar-refractivity contribution in [3.63, 3.8) is 0 Å². The van der Waals surface area contributed by atoms with Gasteiger partial charge in [0.15, 0.2) is 11.5 Å². The van der Waals surface area contributed by atoms with E-state index in [1.807, 2.05) is 13.0 Å². The summed E-state index contributed by atoms with van der Waals surface area (Å²) in [6.07, 6.45) is 10.6. The van der Waals surface area contributed by atoms with Gasteiger partial charge in [-0.2, -0.15) is 0 Å². The van der Waals surface area contributed by atoms with Crippen LogP contribution in [0.3, 0.4) is 0 Å². The number of benzene rings is 1. The molecule has 4 heteroatoms. The number of rotatable bonds is 1. The molecule has 4 N–H and O–H groups in total. The summed E-state index contributed by atoms with van der Waals surface area (Å²) in [6.45, 7) is 13.8. The SMILES string of the molecule is Cc1c(O)c(O)cc2c1CC=C1[C@@]2(C)CC[C@@]2(C)[C@@H]3C[C@](C)(C(N)=O)CC[C@]3(C)CC[C@]12C. The second kappa shape index (κ2) is 6.58. The van der Waals surface area contributed by atoms with E-state index < -0.39 is 5.41 Å². The fourth-order valence-electron chi connectivity index (χ4n) is 8.92. The van der Waals surface area contributed by atoms with E-state index in [-0.39, 0.29) is 39.1 Å². The van der Waals surface area contributed by atoms with Gasteiger partial charge in [-0.15, -0.1) is 0 Å². The number of carbonyl (C=O) groups excluding carboxylic acids is 1. The minimum absolute atomic E-state index is 0.00654. The lowest BCUT2D eigenvalue weighted by Crippen LogP contribution is -2.63. The summed E-state index contributed by atoms with van der Waals surface area (Å²) in [5, 5.41) is 20.9. The normalized spacial score (nSPS) is 44.1. The number of aromatic hydroxyl groups is 2. The molecule has 1 aromatic carbocycles. The van der Waals surface area contributed by atoms with Crippen LogP contribution in [0.5, 0.6) is 11.5 Å². The maximum atomic E-state index is 12.5. The van der Waals surface area contributed by atoms with Gasteiger partial charge in [0.05, 0.1) is 0 Å². The predicted octanol–water partition coefficient (Wildman–Crippen LogP) is 6.04. The van der Waals surface area contributed by atoms with Crippen molar-refractivity contribution in [3.8, 4) is 11.5 Å². The number of carbonyl (C=O) groups is 1. The highest BCUT2D eigenvalue weighted by atomic mass is 16.3. The Balaban J connectivity index is 1.63. The van der Waals surface area contributed by atoms with Crippen molar-refractivity contribution < 1.29 is 15.0 Å². The minimum atomic E-state index is -0.417. The van der Waals surface area contributed by atoms with Gasteiger partial charge in [-0.25, -0.2) is 0 Å². The first-order valence-corrected chi connectivity index (χ1v) is 12.8. The molecule has 5 rings (SSSR count). The molecular weight excluding hydrogens is 410 g/mol. The summed E-state index contributed by atoms with van der Waals surface area (Å²) in [5.74, 6) is 0.324. The van der Waals surface area contributed by atoms with E-state index in [0.717, 1.165) is 50.5 Å². The van der Waals surface area contributed by atoms with Gasteiger partial charge < -0.3 is 15.9 Å². The average molecular weight is 452 g/mol. The number of phenolic OH excluding ortho intramolecular Hbond substituents is 2. The number of hydrogen-bond acceptors (Lipinski definition) is 3.